The van der Waals surface area contributed by atoms with Crippen LogP contribution >= 0.6 is 0 Å². The van der Waals surface area contributed by atoms with Crippen LogP contribution in [0.15, 0.2) is 30.3 Å². The van der Waals surface area contributed by atoms with Gasteiger partial charge in [-0.15, -0.1) is 0 Å². The normalized spacial score (nSPS) is 12.8. The van der Waals surface area contributed by atoms with Gasteiger partial charge in [0.25, 0.3) is 5.97 Å². The van der Waals surface area contributed by atoms with Crippen molar-refractivity contribution in [2.24, 2.45) is 5.92 Å². The monoisotopic (exact) mass is 464 g/mol. The molecule has 1 rings (SSSR count). The van der Waals surface area contributed by atoms with Crippen LogP contribution in [0.4, 0.5) is 0 Å². The summed E-state index contributed by atoms with van der Waals surface area (Å²) in [4.78, 5) is 0. The van der Waals surface area contributed by atoms with Crippen molar-refractivity contribution in [1.29, 1.82) is 0 Å². The van der Waals surface area contributed by atoms with E-state index in [1.807, 2.05) is 6.07 Å². The van der Waals surface area contributed by atoms with E-state index >= 15 is 0 Å². The van der Waals surface area contributed by atoms with Gasteiger partial charge in [0.15, 0.2) is 0 Å². The highest BCUT2D eigenvalue weighted by molar-refractivity contribution is 5.13. The van der Waals surface area contributed by atoms with E-state index in [1.165, 1.54) is 44.1 Å². The summed E-state index contributed by atoms with van der Waals surface area (Å²) >= 11 is 0. The molecule has 0 heterocycles. The van der Waals surface area contributed by atoms with Gasteiger partial charge in [0.1, 0.15) is 0 Å². The Kier molecular flexibility index (Phi) is 18.6. The van der Waals surface area contributed by atoms with E-state index < -0.39 is 5.97 Å². The molecule has 0 aliphatic carbocycles. The Morgan fingerprint density at radius 1 is 0.606 bits per heavy atom. The molecular weight excluding hydrogens is 412 g/mol. The SMILES string of the molecule is CCCCCCCCC(CCCOCc1ccccc1)C(OCCC)(OCCC)OCCC. The van der Waals surface area contributed by atoms with Gasteiger partial charge in [-0.2, -0.15) is 0 Å². The number of ether oxygens (including phenoxy) is 4. The van der Waals surface area contributed by atoms with E-state index in [0.717, 1.165) is 45.1 Å². The predicted octanol–water partition coefficient (Wildman–Crippen LogP) is 8.28. The molecule has 192 valence electrons. The quantitative estimate of drug-likeness (QED) is 0.121. The molecule has 1 aromatic rings. The molecule has 0 fully saturated rings. The van der Waals surface area contributed by atoms with Gasteiger partial charge < -0.3 is 18.9 Å². The number of hydrogen-bond donors (Lipinski definition) is 0. The second-order valence-electron chi connectivity index (χ2n) is 9.08. The van der Waals surface area contributed by atoms with E-state index in [4.69, 9.17) is 18.9 Å². The third-order valence-corrected chi connectivity index (χ3v) is 5.88. The Bertz CT molecular complexity index is 512. The smallest absolute Gasteiger partial charge is 0.285 e. The minimum atomic E-state index is -0.926. The summed E-state index contributed by atoms with van der Waals surface area (Å²) in [6.45, 7) is 12.1. The van der Waals surface area contributed by atoms with E-state index in [1.54, 1.807) is 0 Å². The van der Waals surface area contributed by atoms with Crippen LogP contribution in [-0.2, 0) is 25.6 Å². The molecule has 1 atom stereocenters. The number of unbranched alkanes of at least 4 members (excludes halogenated alkanes) is 5. The summed E-state index contributed by atoms with van der Waals surface area (Å²) in [5.41, 5.74) is 1.22. The molecule has 0 N–H and O–H groups in total. The van der Waals surface area contributed by atoms with Crippen LogP contribution in [0.1, 0.15) is 110 Å². The molecule has 0 spiro atoms. The van der Waals surface area contributed by atoms with Crippen LogP contribution in [0.25, 0.3) is 0 Å². The van der Waals surface area contributed by atoms with Crippen molar-refractivity contribution in [3.63, 3.8) is 0 Å². The minimum absolute atomic E-state index is 0.216. The molecular formula is C29H52O4. The van der Waals surface area contributed by atoms with E-state index in [9.17, 15) is 0 Å². The van der Waals surface area contributed by atoms with Gasteiger partial charge in [0.05, 0.1) is 26.4 Å². The highest BCUT2D eigenvalue weighted by Crippen LogP contribution is 2.34. The summed E-state index contributed by atoms with van der Waals surface area (Å²) in [5.74, 6) is -0.709. The predicted molar refractivity (Wildman–Crippen MR) is 138 cm³/mol. The van der Waals surface area contributed by atoms with Gasteiger partial charge in [-0.1, -0.05) is 96.6 Å². The van der Waals surface area contributed by atoms with Gasteiger partial charge in [0, 0.05) is 12.5 Å². The number of rotatable bonds is 23. The zero-order valence-electron chi connectivity index (χ0n) is 22.1. The van der Waals surface area contributed by atoms with Gasteiger partial charge in [0.2, 0.25) is 0 Å². The molecule has 4 heteroatoms. The van der Waals surface area contributed by atoms with Crippen LogP contribution < -0.4 is 0 Å². The Hall–Kier alpha value is -0.940. The molecule has 0 saturated carbocycles. The first-order valence-electron chi connectivity index (χ1n) is 13.8. The summed E-state index contributed by atoms with van der Waals surface area (Å²) < 4.78 is 25.1. The average molecular weight is 465 g/mol. The molecule has 0 saturated heterocycles. The fourth-order valence-electron chi connectivity index (χ4n) is 4.08. The second kappa shape index (κ2) is 20.4. The zero-order chi connectivity index (χ0) is 24.0. The van der Waals surface area contributed by atoms with Gasteiger partial charge in [-0.25, -0.2) is 0 Å². The summed E-state index contributed by atoms with van der Waals surface area (Å²) in [7, 11) is 0. The molecule has 1 aromatic carbocycles. The Balaban J connectivity index is 2.74. The van der Waals surface area contributed by atoms with Crippen molar-refractivity contribution in [2.75, 3.05) is 26.4 Å². The van der Waals surface area contributed by atoms with E-state index in [2.05, 4.69) is 52.0 Å². The Labute approximate surface area is 204 Å². The van der Waals surface area contributed by atoms with Crippen molar-refractivity contribution in [2.45, 2.75) is 117 Å². The van der Waals surface area contributed by atoms with Crippen LogP contribution in [0.3, 0.4) is 0 Å². The molecule has 0 aliphatic rings. The molecule has 33 heavy (non-hydrogen) atoms. The average Bonchev–Trinajstić information content (AvgIpc) is 2.85. The maximum atomic E-state index is 6.38. The molecule has 0 bridgehead atoms. The van der Waals surface area contributed by atoms with Crippen LogP contribution in [-0.4, -0.2) is 32.4 Å². The Morgan fingerprint density at radius 3 is 1.73 bits per heavy atom. The maximum Gasteiger partial charge on any atom is 0.285 e. The fraction of sp³-hybridized carbons (Fsp3) is 0.793. The van der Waals surface area contributed by atoms with Crippen molar-refractivity contribution in [1.82, 2.24) is 0 Å². The van der Waals surface area contributed by atoms with Gasteiger partial charge in [-0.3, -0.25) is 0 Å². The second-order valence-corrected chi connectivity index (χ2v) is 9.08. The fourth-order valence-corrected chi connectivity index (χ4v) is 4.08. The lowest BCUT2D eigenvalue weighted by Gasteiger charge is -2.40. The molecule has 0 radical (unpaired) electrons. The Morgan fingerprint density at radius 2 is 1.15 bits per heavy atom. The molecule has 0 aliphatic heterocycles. The van der Waals surface area contributed by atoms with Crippen molar-refractivity contribution < 1.29 is 18.9 Å². The van der Waals surface area contributed by atoms with Crippen LogP contribution in [0, 0.1) is 5.92 Å². The highest BCUT2D eigenvalue weighted by atomic mass is 16.9. The third-order valence-electron chi connectivity index (χ3n) is 5.88. The summed E-state index contributed by atoms with van der Waals surface area (Å²) in [6, 6.07) is 10.4. The third kappa shape index (κ3) is 13.5. The standard InChI is InChI=1S/C29H52O4/c1-5-9-10-11-12-16-20-28(21-17-25-30-26-27-18-14-13-15-19-27)29(31-22-6-2,32-23-7-3)33-24-8-4/h13-15,18-19,28H,5-12,16-17,20-26H2,1-4H3. The largest absolute Gasteiger partial charge is 0.377 e. The number of benzene rings is 1. The lowest BCUT2D eigenvalue weighted by Crippen LogP contribution is -2.47. The lowest BCUT2D eigenvalue weighted by atomic mass is 9.93. The van der Waals surface area contributed by atoms with Crippen LogP contribution in [0.5, 0.6) is 0 Å². The van der Waals surface area contributed by atoms with E-state index in [0.29, 0.717) is 26.4 Å². The first-order chi connectivity index (χ1) is 16.2. The van der Waals surface area contributed by atoms with Gasteiger partial charge >= 0.3 is 0 Å². The molecule has 4 nitrogen and oxygen atoms in total. The first-order valence-corrected chi connectivity index (χ1v) is 13.8. The van der Waals surface area contributed by atoms with Crippen molar-refractivity contribution in [3.8, 4) is 0 Å². The highest BCUT2D eigenvalue weighted by Gasteiger charge is 2.41. The first kappa shape index (κ1) is 30.1. The molecule has 0 aromatic heterocycles. The molecule has 1 unspecified atom stereocenters. The topological polar surface area (TPSA) is 36.9 Å². The minimum Gasteiger partial charge on any atom is -0.377 e. The maximum absolute atomic E-state index is 6.38. The van der Waals surface area contributed by atoms with Crippen LogP contribution in [0.2, 0.25) is 0 Å². The lowest BCUT2D eigenvalue weighted by molar-refractivity contribution is -0.407. The van der Waals surface area contributed by atoms with Crippen molar-refractivity contribution in [3.05, 3.63) is 35.9 Å². The van der Waals surface area contributed by atoms with Gasteiger partial charge in [-0.05, 0) is 44.1 Å². The van der Waals surface area contributed by atoms with E-state index in [-0.39, 0.29) is 5.92 Å². The molecule has 0 amide bonds. The summed E-state index contributed by atoms with van der Waals surface area (Å²) in [6.07, 6.45) is 13.6. The van der Waals surface area contributed by atoms with Crippen molar-refractivity contribution >= 4 is 0 Å². The zero-order valence-corrected chi connectivity index (χ0v) is 22.1. The number of hydrogen-bond acceptors (Lipinski definition) is 4. The summed E-state index contributed by atoms with van der Waals surface area (Å²) in [5, 5.41) is 0.